The van der Waals surface area contributed by atoms with Gasteiger partial charge in [-0.2, -0.15) is 0 Å². The first-order valence-corrected chi connectivity index (χ1v) is 8.42. The molecule has 0 atom stereocenters. The molecule has 1 aromatic heterocycles. The van der Waals surface area contributed by atoms with Crippen LogP contribution in [-0.2, 0) is 16.6 Å². The van der Waals surface area contributed by atoms with Crippen molar-refractivity contribution in [2.45, 2.75) is 11.4 Å². The fourth-order valence-electron chi connectivity index (χ4n) is 1.47. The summed E-state index contributed by atoms with van der Waals surface area (Å²) in [7, 11) is -4.18. The first kappa shape index (κ1) is 15.4. The van der Waals surface area contributed by atoms with E-state index in [0.29, 0.717) is 0 Å². The van der Waals surface area contributed by atoms with Gasteiger partial charge in [0.15, 0.2) is 11.6 Å². The number of benzene rings is 1. The Labute approximate surface area is 126 Å². The largest absolute Gasteiger partial charge is 0.399 e. The number of hydrogen-bond donors (Lipinski definition) is 2. The molecule has 0 spiro atoms. The molecule has 0 aliphatic heterocycles. The average molecular weight is 383 g/mol. The normalized spacial score (nSPS) is 11.8. The van der Waals surface area contributed by atoms with Gasteiger partial charge in [0.25, 0.3) is 0 Å². The Morgan fingerprint density at radius 2 is 2.00 bits per heavy atom. The second-order valence-electron chi connectivity index (χ2n) is 3.87. The molecule has 1 aromatic carbocycles. The molecule has 0 amide bonds. The third-order valence-electron chi connectivity index (χ3n) is 2.36. The van der Waals surface area contributed by atoms with Crippen LogP contribution in [0.5, 0.6) is 0 Å². The van der Waals surface area contributed by atoms with Crippen molar-refractivity contribution in [1.82, 2.24) is 4.72 Å². The zero-order valence-electron chi connectivity index (χ0n) is 9.86. The van der Waals surface area contributed by atoms with Gasteiger partial charge in [0.05, 0.1) is 0 Å². The summed E-state index contributed by atoms with van der Waals surface area (Å²) < 4.78 is 53.7. The smallest absolute Gasteiger partial charge is 0.244 e. The molecule has 2 rings (SSSR count). The molecule has 0 unspecified atom stereocenters. The van der Waals surface area contributed by atoms with Crippen LogP contribution >= 0.6 is 27.3 Å². The fraction of sp³-hybridized carbons (Fsp3) is 0.0909. The van der Waals surface area contributed by atoms with E-state index in [-0.39, 0.29) is 12.2 Å². The van der Waals surface area contributed by atoms with Gasteiger partial charge in [0.2, 0.25) is 10.0 Å². The maximum absolute atomic E-state index is 13.6. The molecule has 0 fully saturated rings. The van der Waals surface area contributed by atoms with Gasteiger partial charge in [-0.15, -0.1) is 11.3 Å². The van der Waals surface area contributed by atoms with Crippen molar-refractivity contribution < 1.29 is 17.2 Å². The van der Waals surface area contributed by atoms with Crippen LogP contribution < -0.4 is 10.5 Å². The molecule has 20 heavy (non-hydrogen) atoms. The van der Waals surface area contributed by atoms with Crippen LogP contribution in [0, 0.1) is 11.6 Å². The van der Waals surface area contributed by atoms with Crippen LogP contribution in [0.1, 0.15) is 4.88 Å². The summed E-state index contributed by atoms with van der Waals surface area (Å²) in [5.41, 5.74) is 5.17. The minimum absolute atomic E-state index is 0.0194. The van der Waals surface area contributed by atoms with Gasteiger partial charge < -0.3 is 5.73 Å². The number of anilines is 1. The van der Waals surface area contributed by atoms with E-state index in [1.54, 1.807) is 11.4 Å². The highest BCUT2D eigenvalue weighted by Gasteiger charge is 2.22. The van der Waals surface area contributed by atoms with Crippen LogP contribution in [0.2, 0.25) is 0 Å². The summed E-state index contributed by atoms with van der Waals surface area (Å²) in [6, 6.07) is 3.33. The Bertz CT molecular complexity index is 747. The van der Waals surface area contributed by atoms with E-state index in [1.165, 1.54) is 11.3 Å². The lowest BCUT2D eigenvalue weighted by molar-refractivity contribution is 0.484. The minimum Gasteiger partial charge on any atom is -0.399 e. The Morgan fingerprint density at radius 3 is 2.60 bits per heavy atom. The lowest BCUT2D eigenvalue weighted by Crippen LogP contribution is -2.24. The van der Waals surface area contributed by atoms with E-state index in [4.69, 9.17) is 5.73 Å². The average Bonchev–Trinajstić information content (AvgIpc) is 2.77. The van der Waals surface area contributed by atoms with Gasteiger partial charge >= 0.3 is 0 Å². The molecule has 1 heterocycles. The van der Waals surface area contributed by atoms with Gasteiger partial charge in [-0.05, 0) is 34.1 Å². The predicted molar refractivity (Wildman–Crippen MR) is 76.8 cm³/mol. The summed E-state index contributed by atoms with van der Waals surface area (Å²) in [6.07, 6.45) is 0. The molecule has 0 saturated heterocycles. The van der Waals surface area contributed by atoms with Crippen LogP contribution in [0.3, 0.4) is 0 Å². The second-order valence-corrected chi connectivity index (χ2v) is 7.52. The van der Waals surface area contributed by atoms with Crippen LogP contribution in [0.25, 0.3) is 0 Å². The molecule has 0 aliphatic rings. The van der Waals surface area contributed by atoms with Gasteiger partial charge in [0.1, 0.15) is 4.90 Å². The number of rotatable bonds is 4. The van der Waals surface area contributed by atoms with E-state index in [0.717, 1.165) is 21.5 Å². The van der Waals surface area contributed by atoms with Crippen LogP contribution in [-0.4, -0.2) is 8.42 Å². The summed E-state index contributed by atoms with van der Waals surface area (Å²) in [5, 5.41) is 1.78. The SMILES string of the molecule is Nc1cc(F)c(F)c(S(=O)(=O)NCc2cc(Br)cs2)c1. The molecular formula is C11H9BrF2N2O2S2. The van der Waals surface area contributed by atoms with Crippen molar-refractivity contribution >= 4 is 43.0 Å². The van der Waals surface area contributed by atoms with Gasteiger partial charge in [0, 0.05) is 27.0 Å². The van der Waals surface area contributed by atoms with Crippen LogP contribution in [0.4, 0.5) is 14.5 Å². The first-order chi connectivity index (χ1) is 9.29. The topological polar surface area (TPSA) is 72.2 Å². The minimum atomic E-state index is -4.18. The van der Waals surface area contributed by atoms with Crippen molar-refractivity contribution in [1.29, 1.82) is 0 Å². The number of hydrogen-bond acceptors (Lipinski definition) is 4. The summed E-state index contributed by atoms with van der Waals surface area (Å²) in [4.78, 5) is -0.0733. The lowest BCUT2D eigenvalue weighted by atomic mass is 10.3. The third kappa shape index (κ3) is 3.35. The highest BCUT2D eigenvalue weighted by Crippen LogP contribution is 2.23. The Morgan fingerprint density at radius 1 is 1.30 bits per heavy atom. The molecule has 4 nitrogen and oxygen atoms in total. The van der Waals surface area contributed by atoms with Gasteiger partial charge in [-0.25, -0.2) is 21.9 Å². The predicted octanol–water partition coefficient (Wildman–Crippen LogP) is 2.85. The monoisotopic (exact) mass is 382 g/mol. The molecule has 0 radical (unpaired) electrons. The van der Waals surface area contributed by atoms with Crippen molar-refractivity contribution in [2.24, 2.45) is 0 Å². The standard InChI is InChI=1S/C11H9BrF2N2O2S2/c12-6-1-8(19-5-6)4-16-20(17,18)10-3-7(15)2-9(13)11(10)14/h1-3,5,16H,4,15H2. The highest BCUT2D eigenvalue weighted by molar-refractivity contribution is 9.10. The third-order valence-corrected chi connectivity index (χ3v) is 5.46. The first-order valence-electron chi connectivity index (χ1n) is 5.26. The summed E-state index contributed by atoms with van der Waals surface area (Å²) >= 11 is 4.56. The zero-order chi connectivity index (χ0) is 14.9. The van der Waals surface area contributed by atoms with Gasteiger partial charge in [-0.3, -0.25) is 0 Å². The molecule has 0 aliphatic carbocycles. The van der Waals surface area contributed by atoms with E-state index in [2.05, 4.69) is 20.7 Å². The van der Waals surface area contributed by atoms with E-state index < -0.39 is 26.6 Å². The zero-order valence-corrected chi connectivity index (χ0v) is 13.1. The molecule has 0 bridgehead atoms. The fourth-order valence-corrected chi connectivity index (χ4v) is 4.08. The Kier molecular flexibility index (Phi) is 4.43. The maximum atomic E-state index is 13.6. The number of sulfonamides is 1. The number of nitrogen functional groups attached to an aromatic ring is 1. The van der Waals surface area contributed by atoms with E-state index >= 15 is 0 Å². The Hall–Kier alpha value is -1.03. The molecule has 108 valence electrons. The van der Waals surface area contributed by atoms with Crippen molar-refractivity contribution in [3.63, 3.8) is 0 Å². The van der Waals surface area contributed by atoms with Crippen LogP contribution in [0.15, 0.2) is 32.9 Å². The highest BCUT2D eigenvalue weighted by atomic mass is 79.9. The van der Waals surface area contributed by atoms with Crippen molar-refractivity contribution in [2.75, 3.05) is 5.73 Å². The van der Waals surface area contributed by atoms with Gasteiger partial charge in [-0.1, -0.05) is 0 Å². The Balaban J connectivity index is 2.27. The molecule has 0 saturated carbocycles. The number of nitrogens with one attached hydrogen (secondary N) is 1. The quantitative estimate of drug-likeness (QED) is 0.798. The molecule has 2 aromatic rings. The van der Waals surface area contributed by atoms with E-state index in [9.17, 15) is 17.2 Å². The lowest BCUT2D eigenvalue weighted by Gasteiger charge is -2.08. The maximum Gasteiger partial charge on any atom is 0.244 e. The molecule has 9 heteroatoms. The van der Waals surface area contributed by atoms with Crippen molar-refractivity contribution in [3.8, 4) is 0 Å². The number of thiophene rings is 1. The second kappa shape index (κ2) is 5.76. The summed E-state index contributed by atoms with van der Waals surface area (Å²) in [6.45, 7) is -0.0194. The number of nitrogens with two attached hydrogens (primary N) is 1. The molecular weight excluding hydrogens is 374 g/mol. The molecule has 3 N–H and O–H groups in total. The summed E-state index contributed by atoms with van der Waals surface area (Å²) in [5.74, 6) is -2.75. The number of halogens is 3. The van der Waals surface area contributed by atoms with Crippen molar-refractivity contribution in [3.05, 3.63) is 44.6 Å². The van der Waals surface area contributed by atoms with E-state index in [1.807, 2.05) is 0 Å².